The number of aryl methyl sites for hydroxylation is 1. The number of fused-ring (bicyclic) bond motifs is 1. The van der Waals surface area contributed by atoms with Crippen molar-refractivity contribution in [3.63, 3.8) is 0 Å². The SMILES string of the molecule is COC1CC2(CCN(C(=O)c3ccc4c(c3)OCCN(C[C@@H](O)CCc3ccccc3CN)C4=O)CC2)C1. The Morgan fingerprint density at radius 2 is 1.89 bits per heavy atom. The summed E-state index contributed by atoms with van der Waals surface area (Å²) in [6.07, 6.45) is 5.13. The van der Waals surface area contributed by atoms with E-state index < -0.39 is 6.10 Å². The third-order valence-corrected chi connectivity index (χ3v) is 8.65. The molecule has 1 saturated heterocycles. The fraction of sp³-hybridized carbons (Fsp3) is 0.533. The van der Waals surface area contributed by atoms with Crippen LogP contribution in [0.5, 0.6) is 5.75 Å². The number of methoxy groups -OCH3 is 1. The van der Waals surface area contributed by atoms with E-state index in [0.29, 0.717) is 60.9 Å². The first-order valence-electron chi connectivity index (χ1n) is 13.7. The van der Waals surface area contributed by atoms with Crippen molar-refractivity contribution < 1.29 is 24.2 Å². The molecule has 1 saturated carbocycles. The molecule has 2 heterocycles. The number of hydrogen-bond donors (Lipinski definition) is 2. The number of aliphatic hydroxyl groups is 1. The van der Waals surface area contributed by atoms with Gasteiger partial charge in [0.25, 0.3) is 11.8 Å². The second-order valence-electron chi connectivity index (χ2n) is 11.0. The molecule has 0 bridgehead atoms. The van der Waals surface area contributed by atoms with E-state index in [0.717, 1.165) is 49.9 Å². The van der Waals surface area contributed by atoms with Crippen LogP contribution in [0.4, 0.5) is 0 Å². The molecule has 204 valence electrons. The number of piperidine rings is 1. The van der Waals surface area contributed by atoms with Crippen LogP contribution in [0.25, 0.3) is 0 Å². The second kappa shape index (κ2) is 11.4. The van der Waals surface area contributed by atoms with Gasteiger partial charge in [0.1, 0.15) is 12.4 Å². The highest BCUT2D eigenvalue weighted by Crippen LogP contribution is 2.50. The molecule has 38 heavy (non-hydrogen) atoms. The van der Waals surface area contributed by atoms with E-state index >= 15 is 0 Å². The minimum absolute atomic E-state index is 0.0180. The van der Waals surface area contributed by atoms with E-state index in [9.17, 15) is 14.7 Å². The molecule has 2 aromatic rings. The highest BCUT2D eigenvalue weighted by molar-refractivity contribution is 6.00. The van der Waals surface area contributed by atoms with Crippen molar-refractivity contribution in [2.45, 2.75) is 57.3 Å². The normalized spacial score (nSPS) is 19.9. The van der Waals surface area contributed by atoms with Gasteiger partial charge in [-0.25, -0.2) is 0 Å². The molecule has 2 fully saturated rings. The lowest BCUT2D eigenvalue weighted by molar-refractivity contribution is -0.0841. The van der Waals surface area contributed by atoms with Crippen LogP contribution in [0.15, 0.2) is 42.5 Å². The average Bonchev–Trinajstić information content (AvgIpc) is 3.08. The van der Waals surface area contributed by atoms with Crippen molar-refractivity contribution in [2.24, 2.45) is 11.1 Å². The molecule has 0 radical (unpaired) electrons. The summed E-state index contributed by atoms with van der Waals surface area (Å²) in [5.41, 5.74) is 9.34. The van der Waals surface area contributed by atoms with Gasteiger partial charge in [-0.3, -0.25) is 9.59 Å². The van der Waals surface area contributed by atoms with E-state index in [1.54, 1.807) is 30.2 Å². The third-order valence-electron chi connectivity index (χ3n) is 8.65. The van der Waals surface area contributed by atoms with Crippen molar-refractivity contribution in [1.82, 2.24) is 9.80 Å². The van der Waals surface area contributed by atoms with Crippen LogP contribution in [0.1, 0.15) is 63.9 Å². The maximum absolute atomic E-state index is 13.3. The molecule has 2 aromatic carbocycles. The van der Waals surface area contributed by atoms with E-state index in [4.69, 9.17) is 15.2 Å². The van der Waals surface area contributed by atoms with E-state index in [1.165, 1.54) is 0 Å². The summed E-state index contributed by atoms with van der Waals surface area (Å²) < 4.78 is 11.4. The number of nitrogens with two attached hydrogens (primary N) is 1. The van der Waals surface area contributed by atoms with Gasteiger partial charge in [-0.05, 0) is 73.3 Å². The number of carbonyl (C=O) groups is 2. The summed E-state index contributed by atoms with van der Waals surface area (Å²) in [5, 5.41) is 10.7. The number of aliphatic hydroxyl groups excluding tert-OH is 1. The zero-order valence-electron chi connectivity index (χ0n) is 22.2. The van der Waals surface area contributed by atoms with Crippen LogP contribution in [-0.4, -0.2) is 78.8 Å². The zero-order valence-corrected chi connectivity index (χ0v) is 22.2. The number of nitrogens with zero attached hydrogens (tertiary/aromatic N) is 2. The molecule has 3 N–H and O–H groups in total. The maximum Gasteiger partial charge on any atom is 0.257 e. The van der Waals surface area contributed by atoms with Gasteiger partial charge < -0.3 is 30.1 Å². The standard InChI is InChI=1S/C30H39N3O5/c1-37-25-17-30(18-25)10-12-32(13-11-30)28(35)22-7-9-26-27(16-22)38-15-14-33(29(26)36)20-24(34)8-6-21-4-2-3-5-23(21)19-31/h2-5,7,9,16,24-25,34H,6,8,10-15,17-20,31H2,1H3/t24-/m0/s1. The summed E-state index contributed by atoms with van der Waals surface area (Å²) in [6.45, 7) is 2.87. The number of ether oxygens (including phenoxy) is 2. The molecule has 8 heteroatoms. The lowest BCUT2D eigenvalue weighted by Gasteiger charge is -2.51. The summed E-state index contributed by atoms with van der Waals surface area (Å²) in [4.78, 5) is 30.1. The first-order valence-corrected chi connectivity index (χ1v) is 13.7. The van der Waals surface area contributed by atoms with Crippen molar-refractivity contribution in [3.8, 4) is 5.75 Å². The highest BCUT2D eigenvalue weighted by Gasteiger charge is 2.46. The number of rotatable bonds is 8. The van der Waals surface area contributed by atoms with Crippen molar-refractivity contribution in [2.75, 3.05) is 39.9 Å². The average molecular weight is 522 g/mol. The number of carbonyl (C=O) groups excluding carboxylic acids is 2. The lowest BCUT2D eigenvalue weighted by atomic mass is 9.61. The Morgan fingerprint density at radius 3 is 2.61 bits per heavy atom. The summed E-state index contributed by atoms with van der Waals surface area (Å²) in [7, 11) is 1.77. The van der Waals surface area contributed by atoms with Crippen LogP contribution in [-0.2, 0) is 17.7 Å². The van der Waals surface area contributed by atoms with Crippen LogP contribution < -0.4 is 10.5 Å². The van der Waals surface area contributed by atoms with Crippen molar-refractivity contribution in [1.29, 1.82) is 0 Å². The van der Waals surface area contributed by atoms with Gasteiger partial charge in [0.05, 0.1) is 24.3 Å². The Morgan fingerprint density at radius 1 is 1.16 bits per heavy atom. The summed E-state index contributed by atoms with van der Waals surface area (Å²) >= 11 is 0. The first kappa shape index (κ1) is 26.7. The van der Waals surface area contributed by atoms with Gasteiger partial charge >= 0.3 is 0 Å². The molecule has 8 nitrogen and oxygen atoms in total. The van der Waals surface area contributed by atoms with Crippen molar-refractivity contribution in [3.05, 3.63) is 64.7 Å². The maximum atomic E-state index is 13.3. The Hall–Kier alpha value is -2.94. The monoisotopic (exact) mass is 521 g/mol. The molecule has 1 spiro atoms. The number of benzene rings is 2. The molecule has 1 aliphatic carbocycles. The van der Waals surface area contributed by atoms with Gasteiger partial charge in [0.15, 0.2) is 0 Å². The number of likely N-dealkylation sites (tertiary alicyclic amines) is 1. The Bertz CT molecular complexity index is 1150. The van der Waals surface area contributed by atoms with Crippen LogP contribution in [0.2, 0.25) is 0 Å². The van der Waals surface area contributed by atoms with Gasteiger partial charge in [-0.1, -0.05) is 24.3 Å². The Kier molecular flexibility index (Phi) is 8.02. The number of amides is 2. The van der Waals surface area contributed by atoms with Gasteiger partial charge in [-0.2, -0.15) is 0 Å². The molecule has 0 unspecified atom stereocenters. The molecule has 0 aromatic heterocycles. The first-order chi connectivity index (χ1) is 18.4. The van der Waals surface area contributed by atoms with Gasteiger partial charge in [0.2, 0.25) is 0 Å². The van der Waals surface area contributed by atoms with E-state index in [1.807, 2.05) is 29.2 Å². The summed E-state index contributed by atoms with van der Waals surface area (Å²) in [6, 6.07) is 13.1. The second-order valence-corrected chi connectivity index (χ2v) is 11.0. The van der Waals surface area contributed by atoms with E-state index in [-0.39, 0.29) is 18.4 Å². The predicted octanol–water partition coefficient (Wildman–Crippen LogP) is 3.00. The molecular weight excluding hydrogens is 482 g/mol. The molecule has 1 atom stereocenters. The fourth-order valence-corrected chi connectivity index (χ4v) is 6.18. The zero-order chi connectivity index (χ0) is 26.7. The topological polar surface area (TPSA) is 105 Å². The molecule has 2 aliphatic heterocycles. The smallest absolute Gasteiger partial charge is 0.257 e. The number of hydrogen-bond acceptors (Lipinski definition) is 6. The lowest BCUT2D eigenvalue weighted by Crippen LogP contribution is -2.50. The molecule has 2 amide bonds. The molecule has 3 aliphatic rings. The Labute approximate surface area is 224 Å². The fourth-order valence-electron chi connectivity index (χ4n) is 6.18. The minimum Gasteiger partial charge on any atom is -0.491 e. The predicted molar refractivity (Wildman–Crippen MR) is 144 cm³/mol. The number of β-amino-alcohol motifs (C(OH)–C–C–N with tert-alkyl or cyclic N) is 1. The van der Waals surface area contributed by atoms with Crippen molar-refractivity contribution >= 4 is 11.8 Å². The minimum atomic E-state index is -0.663. The van der Waals surface area contributed by atoms with Crippen LogP contribution in [0.3, 0.4) is 0 Å². The van der Waals surface area contributed by atoms with Gasteiger partial charge in [-0.15, -0.1) is 0 Å². The van der Waals surface area contributed by atoms with Gasteiger partial charge in [0, 0.05) is 38.9 Å². The quantitative estimate of drug-likeness (QED) is 0.553. The largest absolute Gasteiger partial charge is 0.491 e. The molecule has 5 rings (SSSR count). The molecular formula is C30H39N3O5. The highest BCUT2D eigenvalue weighted by atomic mass is 16.5. The summed E-state index contributed by atoms with van der Waals surface area (Å²) in [5.74, 6) is 0.233. The van der Waals surface area contributed by atoms with E-state index in [2.05, 4.69) is 0 Å². The van der Waals surface area contributed by atoms with Crippen LogP contribution in [0, 0.1) is 5.41 Å². The van der Waals surface area contributed by atoms with Crippen LogP contribution >= 0.6 is 0 Å². The Balaban J connectivity index is 1.18. The third kappa shape index (κ3) is 5.58.